The van der Waals surface area contributed by atoms with Crippen molar-refractivity contribution in [3.8, 4) is 5.75 Å². The summed E-state index contributed by atoms with van der Waals surface area (Å²) < 4.78 is 14.6. The average Bonchev–Trinajstić information content (AvgIpc) is 3.78. The van der Waals surface area contributed by atoms with Gasteiger partial charge in [-0.15, -0.1) is 5.10 Å². The predicted molar refractivity (Wildman–Crippen MR) is 190 cm³/mol. The first-order valence-electron chi connectivity index (χ1n) is 16.7. The van der Waals surface area contributed by atoms with E-state index >= 15 is 0 Å². The number of ether oxygens (including phenoxy) is 2. The van der Waals surface area contributed by atoms with Crippen molar-refractivity contribution in [2.45, 2.75) is 56.1 Å². The Balaban J connectivity index is 1.26. The molecule has 1 fully saturated rings. The third-order valence-corrected chi connectivity index (χ3v) is 15.0. The van der Waals surface area contributed by atoms with Gasteiger partial charge in [0.1, 0.15) is 5.75 Å². The summed E-state index contributed by atoms with van der Waals surface area (Å²) >= 11 is 0. The van der Waals surface area contributed by atoms with Crippen molar-refractivity contribution in [1.82, 2.24) is 15.0 Å². The van der Waals surface area contributed by atoms with Crippen LogP contribution in [-0.4, -0.2) is 53.9 Å². The van der Waals surface area contributed by atoms with Crippen molar-refractivity contribution >= 4 is 30.5 Å². The fourth-order valence-corrected chi connectivity index (χ4v) is 12.3. The van der Waals surface area contributed by atoms with Crippen LogP contribution in [0.4, 0.5) is 11.4 Å². The lowest BCUT2D eigenvalue weighted by molar-refractivity contribution is -0.145. The number of aliphatic hydroxyl groups is 1. The molecule has 1 spiro atoms. The van der Waals surface area contributed by atoms with Crippen molar-refractivity contribution in [3.63, 3.8) is 0 Å². The van der Waals surface area contributed by atoms with Crippen LogP contribution in [-0.2, 0) is 21.7 Å². The number of aryl methyl sites for hydroxylation is 1. The highest BCUT2D eigenvalue weighted by atomic mass is 28.3. The first-order valence-corrected chi connectivity index (χ1v) is 19.7. The first-order chi connectivity index (χ1) is 23.3. The van der Waals surface area contributed by atoms with Gasteiger partial charge in [0, 0.05) is 29.9 Å². The maximum atomic E-state index is 14.9. The summed E-state index contributed by atoms with van der Waals surface area (Å²) in [7, 11) is -0.600. The molecule has 4 aromatic carbocycles. The molecule has 48 heavy (non-hydrogen) atoms. The molecular weight excluding hydrogens is 617 g/mol. The van der Waals surface area contributed by atoms with Gasteiger partial charge in [0.2, 0.25) is 0 Å². The molecule has 2 aliphatic heterocycles. The second-order valence-electron chi connectivity index (χ2n) is 13.5. The fraction of sp³-hybridized carbons (Fsp3) is 0.308. The smallest absolute Gasteiger partial charge is 0.268 e. The normalized spacial score (nSPS) is 22.6. The zero-order valence-electron chi connectivity index (χ0n) is 27.9. The van der Waals surface area contributed by atoms with E-state index < -0.39 is 13.7 Å². The molecule has 8 nitrogen and oxygen atoms in total. The minimum absolute atomic E-state index is 0.0360. The third-order valence-electron chi connectivity index (χ3n) is 10.6. The van der Waals surface area contributed by atoms with E-state index in [0.717, 1.165) is 33.9 Å². The highest BCUT2D eigenvalue weighted by Gasteiger charge is 2.66. The van der Waals surface area contributed by atoms with Crippen LogP contribution in [0.5, 0.6) is 5.75 Å². The maximum absolute atomic E-state index is 14.9. The van der Waals surface area contributed by atoms with Crippen LogP contribution in [0.1, 0.15) is 36.1 Å². The number of fused-ring (bicyclic) bond motifs is 2. The average molecular weight is 659 g/mol. The largest absolute Gasteiger partial charge is 0.497 e. The van der Waals surface area contributed by atoms with E-state index in [9.17, 15) is 9.90 Å². The molecule has 1 unspecified atom stereocenters. The summed E-state index contributed by atoms with van der Waals surface area (Å²) in [5.41, 5.74) is 3.34. The van der Waals surface area contributed by atoms with Crippen LogP contribution in [0.15, 0.2) is 115 Å². The van der Waals surface area contributed by atoms with Gasteiger partial charge in [0.15, 0.2) is 5.60 Å². The van der Waals surface area contributed by atoms with Crippen LogP contribution < -0.4 is 14.8 Å². The number of carbonyl (C=O) groups is 1. The summed E-state index contributed by atoms with van der Waals surface area (Å²) in [5, 5.41) is 20.5. The lowest BCUT2D eigenvalue weighted by Gasteiger charge is -2.37. The lowest BCUT2D eigenvalue weighted by atomic mass is 9.82. The molecule has 1 amide bonds. The van der Waals surface area contributed by atoms with Crippen LogP contribution in [0, 0.1) is 5.92 Å². The molecule has 1 aromatic heterocycles. The molecule has 7 rings (SSSR count). The maximum Gasteiger partial charge on any atom is 0.268 e. The van der Waals surface area contributed by atoms with E-state index in [1.54, 1.807) is 7.11 Å². The number of carbonyl (C=O) groups excluding carboxylic acids is 1. The summed E-state index contributed by atoms with van der Waals surface area (Å²) in [6.07, 6.45) is 2.37. The highest BCUT2D eigenvalue weighted by Crippen LogP contribution is 2.60. The predicted octanol–water partition coefficient (Wildman–Crippen LogP) is 6.40. The van der Waals surface area contributed by atoms with E-state index in [1.165, 1.54) is 5.19 Å². The van der Waals surface area contributed by atoms with Crippen LogP contribution >= 0.6 is 0 Å². The van der Waals surface area contributed by atoms with Gasteiger partial charge in [-0.25, -0.2) is 0 Å². The summed E-state index contributed by atoms with van der Waals surface area (Å²) in [4.78, 5) is 16.7. The topological polar surface area (TPSA) is 89.7 Å². The minimum Gasteiger partial charge on any atom is -0.497 e. The van der Waals surface area contributed by atoms with Crippen molar-refractivity contribution < 1.29 is 19.4 Å². The molecule has 0 radical (unpaired) electrons. The van der Waals surface area contributed by atoms with Gasteiger partial charge in [-0.05, 0) is 47.9 Å². The van der Waals surface area contributed by atoms with Gasteiger partial charge in [0.25, 0.3) is 5.91 Å². The number of nitrogens with zero attached hydrogens (tertiary/aromatic N) is 4. The number of aromatic nitrogens is 3. The molecule has 9 heteroatoms. The number of rotatable bonds is 10. The summed E-state index contributed by atoms with van der Waals surface area (Å²) in [6.45, 7) is 7.51. The molecule has 1 N–H and O–H groups in total. The standard InChI is InChI=1S/C39H42N4O4Si/c1-27-37(48(3,4)31-21-19-30(46-2)20-22-31)36(23-24-42-25-34(40-41-42)32(26-44)28-13-7-5-8-14-28)47-39(27)33-17-11-12-18-35(33)43(38(39)45)29-15-9-6-10-16-29/h5-22,25,27,32,36-37,44H,23-24,26H2,1-4H3/t27-,32?,36+,37-,39+/m0/s1. The minimum atomic E-state index is -2.28. The van der Waals surface area contributed by atoms with E-state index in [0.29, 0.717) is 13.0 Å². The molecule has 1 saturated heterocycles. The first kappa shape index (κ1) is 32.0. The van der Waals surface area contributed by atoms with Gasteiger partial charge < -0.3 is 14.6 Å². The molecule has 0 bridgehead atoms. The summed E-state index contributed by atoms with van der Waals surface area (Å²) in [5.74, 6) is 0.434. The Labute approximate surface area is 283 Å². The van der Waals surface area contributed by atoms with E-state index in [4.69, 9.17) is 9.47 Å². The second-order valence-corrected chi connectivity index (χ2v) is 18.2. The number of amides is 1. The Hall–Kier alpha value is -4.57. The Morgan fingerprint density at radius 3 is 2.29 bits per heavy atom. The number of benzene rings is 4. The molecule has 2 aliphatic rings. The number of anilines is 2. The van der Waals surface area contributed by atoms with Crippen molar-refractivity contribution in [2.24, 2.45) is 5.92 Å². The van der Waals surface area contributed by atoms with Crippen molar-refractivity contribution in [2.75, 3.05) is 18.6 Å². The molecule has 3 heterocycles. The lowest BCUT2D eigenvalue weighted by Crippen LogP contribution is -2.51. The van der Waals surface area contributed by atoms with Crippen LogP contribution in [0.3, 0.4) is 0 Å². The number of para-hydroxylation sites is 2. The second kappa shape index (κ2) is 12.8. The van der Waals surface area contributed by atoms with Crippen LogP contribution in [0.25, 0.3) is 0 Å². The number of methoxy groups -OCH3 is 1. The summed E-state index contributed by atoms with van der Waals surface area (Å²) in [6, 6.07) is 36.3. The SMILES string of the molecule is COc1ccc([Si](C)(C)[C@@H]2[C@@H](CCn3cc(C(CO)c4ccccc4)nn3)O[C@]3(C(=O)N(c4ccccc4)c4ccccc43)[C@H]2C)cc1. The molecule has 0 saturated carbocycles. The monoisotopic (exact) mass is 658 g/mol. The number of hydrogen-bond acceptors (Lipinski definition) is 6. The Morgan fingerprint density at radius 1 is 0.938 bits per heavy atom. The Kier molecular flexibility index (Phi) is 8.53. The van der Waals surface area contributed by atoms with E-state index in [2.05, 4.69) is 48.5 Å². The number of aliphatic hydroxyl groups excluding tert-OH is 1. The Bertz CT molecular complexity index is 1880. The van der Waals surface area contributed by atoms with Crippen molar-refractivity contribution in [3.05, 3.63) is 132 Å². The molecule has 5 aromatic rings. The molecule has 0 aliphatic carbocycles. The molecular formula is C39H42N4O4Si. The Morgan fingerprint density at radius 2 is 1.60 bits per heavy atom. The highest BCUT2D eigenvalue weighted by molar-refractivity contribution is 6.91. The quantitative estimate of drug-likeness (QED) is 0.175. The number of hydrogen-bond donors (Lipinski definition) is 1. The van der Waals surface area contributed by atoms with Crippen molar-refractivity contribution in [1.29, 1.82) is 0 Å². The zero-order chi connectivity index (χ0) is 33.5. The van der Waals surface area contributed by atoms with Gasteiger partial charge in [-0.3, -0.25) is 14.4 Å². The zero-order valence-corrected chi connectivity index (χ0v) is 28.9. The third kappa shape index (κ3) is 5.26. The molecule has 246 valence electrons. The van der Waals surface area contributed by atoms with Gasteiger partial charge in [-0.1, -0.05) is 109 Å². The van der Waals surface area contributed by atoms with Gasteiger partial charge >= 0.3 is 0 Å². The van der Waals surface area contributed by atoms with E-state index in [1.807, 2.05) is 107 Å². The van der Waals surface area contributed by atoms with Crippen LogP contribution in [0.2, 0.25) is 18.6 Å². The molecule has 5 atom stereocenters. The van der Waals surface area contributed by atoms with Gasteiger partial charge in [0.05, 0.1) is 45.2 Å². The fourth-order valence-electron chi connectivity index (χ4n) is 8.19. The van der Waals surface area contributed by atoms with Gasteiger partial charge in [-0.2, -0.15) is 0 Å². The van der Waals surface area contributed by atoms with E-state index in [-0.39, 0.29) is 36.0 Å².